The molecule has 4 nitrogen and oxygen atoms in total. The Labute approximate surface area is 113 Å². The topological polar surface area (TPSA) is 68.0 Å². The van der Waals surface area contributed by atoms with Gasteiger partial charge in [0.1, 0.15) is 0 Å². The van der Waals surface area contributed by atoms with Gasteiger partial charge in [0.2, 0.25) is 0 Å². The minimum Gasteiger partial charge on any atom is -0.349 e. The van der Waals surface area contributed by atoms with Crippen LogP contribution in [0.3, 0.4) is 0 Å². The van der Waals surface area contributed by atoms with Crippen LogP contribution in [0.25, 0.3) is 10.9 Å². The number of nitrogens with one attached hydrogen (secondary N) is 1. The van der Waals surface area contributed by atoms with Gasteiger partial charge in [-0.05, 0) is 31.5 Å². The van der Waals surface area contributed by atoms with E-state index in [1.165, 1.54) is 0 Å². The van der Waals surface area contributed by atoms with Gasteiger partial charge < -0.3 is 11.1 Å². The molecule has 0 fully saturated rings. The van der Waals surface area contributed by atoms with E-state index in [0.29, 0.717) is 12.1 Å². The van der Waals surface area contributed by atoms with Gasteiger partial charge in [-0.1, -0.05) is 25.1 Å². The van der Waals surface area contributed by atoms with E-state index in [-0.39, 0.29) is 11.9 Å². The first-order chi connectivity index (χ1) is 9.26. The predicted molar refractivity (Wildman–Crippen MR) is 77.0 cm³/mol. The van der Waals surface area contributed by atoms with Gasteiger partial charge in [0.15, 0.2) is 0 Å². The third kappa shape index (κ3) is 3.09. The number of amides is 1. The lowest BCUT2D eigenvalue weighted by Gasteiger charge is -2.16. The van der Waals surface area contributed by atoms with Crippen molar-refractivity contribution < 1.29 is 4.79 Å². The van der Waals surface area contributed by atoms with Gasteiger partial charge in [-0.3, -0.25) is 9.78 Å². The highest BCUT2D eigenvalue weighted by atomic mass is 16.1. The van der Waals surface area contributed by atoms with E-state index in [1.54, 1.807) is 12.3 Å². The Balaban J connectivity index is 2.26. The van der Waals surface area contributed by atoms with Gasteiger partial charge >= 0.3 is 0 Å². The van der Waals surface area contributed by atoms with E-state index in [1.807, 2.05) is 31.2 Å². The van der Waals surface area contributed by atoms with Crippen LogP contribution in [0.5, 0.6) is 0 Å². The van der Waals surface area contributed by atoms with Crippen molar-refractivity contribution in [2.24, 2.45) is 5.73 Å². The van der Waals surface area contributed by atoms with Crippen LogP contribution in [0, 0.1) is 0 Å². The second-order valence-corrected chi connectivity index (χ2v) is 4.53. The summed E-state index contributed by atoms with van der Waals surface area (Å²) in [6.45, 7) is 2.63. The van der Waals surface area contributed by atoms with Crippen LogP contribution < -0.4 is 11.1 Å². The van der Waals surface area contributed by atoms with Crippen molar-refractivity contribution in [1.82, 2.24) is 10.3 Å². The third-order valence-corrected chi connectivity index (χ3v) is 3.24. The summed E-state index contributed by atoms with van der Waals surface area (Å²) in [7, 11) is 0. The molecular formula is C15H19N3O. The number of aromatic nitrogens is 1. The Morgan fingerprint density at radius 1 is 1.37 bits per heavy atom. The fourth-order valence-electron chi connectivity index (χ4n) is 2.14. The van der Waals surface area contributed by atoms with Crippen molar-refractivity contribution in [3.05, 3.63) is 42.1 Å². The van der Waals surface area contributed by atoms with Crippen LogP contribution in [0.2, 0.25) is 0 Å². The number of nitrogens with zero attached hydrogens (tertiary/aromatic N) is 1. The fourth-order valence-corrected chi connectivity index (χ4v) is 2.14. The number of benzene rings is 1. The molecule has 1 heterocycles. The summed E-state index contributed by atoms with van der Waals surface area (Å²) in [5.41, 5.74) is 7.05. The van der Waals surface area contributed by atoms with E-state index in [2.05, 4.69) is 10.3 Å². The maximum Gasteiger partial charge on any atom is 0.252 e. The van der Waals surface area contributed by atoms with Crippen molar-refractivity contribution in [3.8, 4) is 0 Å². The van der Waals surface area contributed by atoms with Crippen LogP contribution in [-0.2, 0) is 0 Å². The Bertz CT molecular complexity index is 563. The number of para-hydroxylation sites is 1. The zero-order chi connectivity index (χ0) is 13.7. The van der Waals surface area contributed by atoms with Gasteiger partial charge in [-0.15, -0.1) is 0 Å². The van der Waals surface area contributed by atoms with E-state index in [4.69, 9.17) is 5.73 Å². The molecule has 1 amide bonds. The van der Waals surface area contributed by atoms with E-state index >= 15 is 0 Å². The zero-order valence-electron chi connectivity index (χ0n) is 11.1. The highest BCUT2D eigenvalue weighted by Crippen LogP contribution is 2.16. The normalized spacial score (nSPS) is 12.3. The van der Waals surface area contributed by atoms with Gasteiger partial charge in [-0.25, -0.2) is 0 Å². The standard InChI is InChI=1S/C15H19N3O/c1-2-11(7-9-16)18-15(19)13-8-10-17-14-6-4-3-5-12(13)14/h3-6,8,10-11H,2,7,9,16H2,1H3,(H,18,19). The molecule has 0 aliphatic rings. The van der Waals surface area contributed by atoms with Crippen molar-refractivity contribution in [2.45, 2.75) is 25.8 Å². The second-order valence-electron chi connectivity index (χ2n) is 4.53. The van der Waals surface area contributed by atoms with Crippen molar-refractivity contribution in [2.75, 3.05) is 6.54 Å². The van der Waals surface area contributed by atoms with Crippen LogP contribution >= 0.6 is 0 Å². The number of carbonyl (C=O) groups excluding carboxylic acids is 1. The molecule has 1 aromatic carbocycles. The van der Waals surface area contributed by atoms with Gasteiger partial charge in [0.25, 0.3) is 5.91 Å². The lowest BCUT2D eigenvalue weighted by atomic mass is 10.1. The number of hydrogen-bond acceptors (Lipinski definition) is 3. The first-order valence-corrected chi connectivity index (χ1v) is 6.61. The summed E-state index contributed by atoms with van der Waals surface area (Å²) in [6, 6.07) is 9.54. The fraction of sp³-hybridized carbons (Fsp3) is 0.333. The molecule has 0 aliphatic carbocycles. The summed E-state index contributed by atoms with van der Waals surface area (Å²) in [4.78, 5) is 16.6. The Morgan fingerprint density at radius 2 is 2.16 bits per heavy atom. The molecule has 0 saturated heterocycles. The average Bonchev–Trinajstić information content (AvgIpc) is 2.46. The SMILES string of the molecule is CCC(CCN)NC(=O)c1ccnc2ccccc12. The number of hydrogen-bond donors (Lipinski definition) is 2. The molecule has 2 rings (SSSR count). The molecule has 0 spiro atoms. The van der Waals surface area contributed by atoms with Crippen LogP contribution in [0.4, 0.5) is 0 Å². The number of nitrogens with two attached hydrogens (primary N) is 1. The largest absolute Gasteiger partial charge is 0.349 e. The Hall–Kier alpha value is -1.94. The molecule has 1 aromatic heterocycles. The first-order valence-electron chi connectivity index (χ1n) is 6.61. The number of fused-ring (bicyclic) bond motifs is 1. The monoisotopic (exact) mass is 257 g/mol. The molecule has 0 saturated carbocycles. The second kappa shape index (κ2) is 6.29. The lowest BCUT2D eigenvalue weighted by Crippen LogP contribution is -2.36. The van der Waals surface area contributed by atoms with Gasteiger partial charge in [0.05, 0.1) is 11.1 Å². The summed E-state index contributed by atoms with van der Waals surface area (Å²) in [5.74, 6) is -0.0566. The van der Waals surface area contributed by atoms with E-state index in [9.17, 15) is 4.79 Å². The highest BCUT2D eigenvalue weighted by Gasteiger charge is 2.14. The number of carbonyl (C=O) groups is 1. The van der Waals surface area contributed by atoms with Crippen LogP contribution in [0.15, 0.2) is 36.5 Å². The molecule has 19 heavy (non-hydrogen) atoms. The quantitative estimate of drug-likeness (QED) is 0.861. The molecule has 1 atom stereocenters. The van der Waals surface area contributed by atoms with Crippen LogP contribution in [-0.4, -0.2) is 23.5 Å². The third-order valence-electron chi connectivity index (χ3n) is 3.24. The maximum atomic E-state index is 12.3. The van der Waals surface area contributed by atoms with Crippen molar-refractivity contribution >= 4 is 16.8 Å². The zero-order valence-corrected chi connectivity index (χ0v) is 11.1. The minimum absolute atomic E-state index is 0.0566. The summed E-state index contributed by atoms with van der Waals surface area (Å²) in [6.07, 6.45) is 3.35. The molecule has 2 aromatic rings. The first kappa shape index (κ1) is 13.5. The summed E-state index contributed by atoms with van der Waals surface area (Å²) in [5, 5.41) is 3.91. The Morgan fingerprint density at radius 3 is 2.89 bits per heavy atom. The maximum absolute atomic E-state index is 12.3. The summed E-state index contributed by atoms with van der Waals surface area (Å²) < 4.78 is 0. The molecule has 0 radical (unpaired) electrons. The van der Waals surface area contributed by atoms with Crippen molar-refractivity contribution in [1.29, 1.82) is 0 Å². The molecule has 1 unspecified atom stereocenters. The van der Waals surface area contributed by atoms with Gasteiger partial charge in [0, 0.05) is 17.6 Å². The molecule has 0 aliphatic heterocycles. The molecular weight excluding hydrogens is 238 g/mol. The van der Waals surface area contributed by atoms with E-state index < -0.39 is 0 Å². The average molecular weight is 257 g/mol. The molecule has 3 N–H and O–H groups in total. The van der Waals surface area contributed by atoms with Crippen LogP contribution in [0.1, 0.15) is 30.1 Å². The Kier molecular flexibility index (Phi) is 4.47. The van der Waals surface area contributed by atoms with E-state index in [0.717, 1.165) is 23.7 Å². The number of rotatable bonds is 5. The molecule has 4 heteroatoms. The minimum atomic E-state index is -0.0566. The molecule has 0 bridgehead atoms. The predicted octanol–water partition coefficient (Wildman–Crippen LogP) is 2.09. The summed E-state index contributed by atoms with van der Waals surface area (Å²) >= 11 is 0. The smallest absolute Gasteiger partial charge is 0.252 e. The number of pyridine rings is 1. The molecule has 100 valence electrons. The lowest BCUT2D eigenvalue weighted by molar-refractivity contribution is 0.0936. The van der Waals surface area contributed by atoms with Crippen molar-refractivity contribution in [3.63, 3.8) is 0 Å². The van der Waals surface area contributed by atoms with Gasteiger partial charge in [-0.2, -0.15) is 0 Å². The highest BCUT2D eigenvalue weighted by molar-refractivity contribution is 6.06.